The lowest BCUT2D eigenvalue weighted by Gasteiger charge is -2.28. The normalized spacial score (nSPS) is 21.7. The number of nitrogens with one attached hydrogen (secondary N) is 1. The zero-order chi connectivity index (χ0) is 16.4. The van der Waals surface area contributed by atoms with Gasteiger partial charge < -0.3 is 15.1 Å². The van der Waals surface area contributed by atoms with E-state index in [1.807, 2.05) is 23.1 Å². The number of nitrogens with zero attached hydrogens (tertiary/aromatic N) is 2. The molecule has 1 aromatic carbocycles. The third-order valence-corrected chi connectivity index (χ3v) is 4.90. The Morgan fingerprint density at radius 1 is 1.13 bits per heavy atom. The van der Waals surface area contributed by atoms with Gasteiger partial charge in [0.2, 0.25) is 5.91 Å². The van der Waals surface area contributed by atoms with Gasteiger partial charge in [0.05, 0.1) is 6.04 Å². The highest BCUT2D eigenvalue weighted by atomic mass is 16.2. The lowest BCUT2D eigenvalue weighted by atomic mass is 10.1. The Labute approximate surface area is 137 Å². The van der Waals surface area contributed by atoms with E-state index in [4.69, 9.17) is 0 Å². The summed E-state index contributed by atoms with van der Waals surface area (Å²) in [6.45, 7) is 6.32. The predicted octanol–water partition coefficient (Wildman–Crippen LogP) is 2.60. The highest BCUT2D eigenvalue weighted by Crippen LogP contribution is 2.24. The summed E-state index contributed by atoms with van der Waals surface area (Å²) in [6.07, 6.45) is 3.73. The van der Waals surface area contributed by atoms with Gasteiger partial charge in [0.15, 0.2) is 0 Å². The summed E-state index contributed by atoms with van der Waals surface area (Å²) in [7, 11) is 0. The molecule has 5 nitrogen and oxygen atoms in total. The monoisotopic (exact) mass is 315 g/mol. The molecule has 0 aliphatic carbocycles. The van der Waals surface area contributed by atoms with E-state index >= 15 is 0 Å². The Morgan fingerprint density at radius 2 is 1.87 bits per heavy atom. The predicted molar refractivity (Wildman–Crippen MR) is 90.6 cm³/mol. The summed E-state index contributed by atoms with van der Waals surface area (Å²) >= 11 is 0. The fourth-order valence-corrected chi connectivity index (χ4v) is 3.31. The van der Waals surface area contributed by atoms with E-state index in [9.17, 15) is 9.59 Å². The number of carbonyl (C=O) groups excluding carboxylic acids is 2. The molecule has 2 aliphatic heterocycles. The summed E-state index contributed by atoms with van der Waals surface area (Å²) < 4.78 is 0. The largest absolute Gasteiger partial charge is 0.333 e. The van der Waals surface area contributed by atoms with E-state index in [0.29, 0.717) is 13.0 Å². The minimum absolute atomic E-state index is 0.0237. The van der Waals surface area contributed by atoms with Gasteiger partial charge in [0.1, 0.15) is 0 Å². The van der Waals surface area contributed by atoms with Crippen molar-refractivity contribution < 1.29 is 9.59 Å². The number of piperidine rings is 1. The molecule has 2 heterocycles. The number of rotatable bonds is 2. The molecule has 2 aliphatic rings. The van der Waals surface area contributed by atoms with Crippen molar-refractivity contribution in [1.29, 1.82) is 0 Å². The fourth-order valence-electron chi connectivity index (χ4n) is 3.31. The zero-order valence-corrected chi connectivity index (χ0v) is 14.0. The summed E-state index contributed by atoms with van der Waals surface area (Å²) in [5.74, 6) is 0.0807. The molecule has 0 bridgehead atoms. The number of likely N-dealkylation sites (tertiary alicyclic amines) is 1. The average molecular weight is 315 g/mol. The van der Waals surface area contributed by atoms with Gasteiger partial charge in [0, 0.05) is 31.7 Å². The van der Waals surface area contributed by atoms with Gasteiger partial charge in [-0.15, -0.1) is 0 Å². The first kappa shape index (κ1) is 15.8. The molecule has 124 valence electrons. The van der Waals surface area contributed by atoms with Crippen LogP contribution in [0.15, 0.2) is 18.2 Å². The maximum Gasteiger partial charge on any atom is 0.317 e. The standard InChI is InChI=1S/C18H25N3O2/c1-13-6-7-16(10-14(13)2)21-12-15(11-17(21)22)19-18(23)20-8-4-3-5-9-20/h6-7,10,15H,3-5,8-9,11-12H2,1-2H3,(H,19,23)/t15-/m0/s1. The molecule has 3 amide bonds. The minimum Gasteiger partial charge on any atom is -0.333 e. The molecule has 0 unspecified atom stereocenters. The molecule has 1 N–H and O–H groups in total. The number of anilines is 1. The van der Waals surface area contributed by atoms with E-state index in [1.54, 1.807) is 4.90 Å². The SMILES string of the molecule is Cc1ccc(N2C[C@@H](NC(=O)N3CCCCC3)CC2=O)cc1C. The Kier molecular flexibility index (Phi) is 4.55. The molecule has 0 radical (unpaired) electrons. The van der Waals surface area contributed by atoms with Gasteiger partial charge in [0.25, 0.3) is 0 Å². The molecule has 5 heteroatoms. The highest BCUT2D eigenvalue weighted by Gasteiger charge is 2.32. The molecule has 0 aromatic heterocycles. The van der Waals surface area contributed by atoms with E-state index in [-0.39, 0.29) is 18.0 Å². The highest BCUT2D eigenvalue weighted by molar-refractivity contribution is 5.96. The van der Waals surface area contributed by atoms with Crippen molar-refractivity contribution in [3.05, 3.63) is 29.3 Å². The smallest absolute Gasteiger partial charge is 0.317 e. The maximum atomic E-state index is 12.3. The van der Waals surface area contributed by atoms with Gasteiger partial charge >= 0.3 is 6.03 Å². The summed E-state index contributed by atoms with van der Waals surface area (Å²) in [4.78, 5) is 28.2. The number of urea groups is 1. The Hall–Kier alpha value is -2.04. The van der Waals surface area contributed by atoms with Crippen LogP contribution in [-0.4, -0.2) is 42.5 Å². The first-order valence-corrected chi connectivity index (χ1v) is 8.47. The van der Waals surface area contributed by atoms with Crippen molar-refractivity contribution in [2.24, 2.45) is 0 Å². The first-order valence-electron chi connectivity index (χ1n) is 8.47. The third kappa shape index (κ3) is 3.49. The van der Waals surface area contributed by atoms with Crippen LogP contribution >= 0.6 is 0 Å². The molecule has 3 rings (SSSR count). The maximum absolute atomic E-state index is 12.3. The molecule has 0 spiro atoms. The number of hydrogen-bond acceptors (Lipinski definition) is 2. The van der Waals surface area contributed by atoms with E-state index in [0.717, 1.165) is 31.6 Å². The lowest BCUT2D eigenvalue weighted by Crippen LogP contribution is -2.47. The van der Waals surface area contributed by atoms with Crippen LogP contribution in [0.2, 0.25) is 0 Å². The second-order valence-electron chi connectivity index (χ2n) is 6.67. The van der Waals surface area contributed by atoms with Crippen molar-refractivity contribution in [1.82, 2.24) is 10.2 Å². The molecule has 1 atom stereocenters. The molecular formula is C18H25N3O2. The average Bonchev–Trinajstić information content (AvgIpc) is 2.91. The van der Waals surface area contributed by atoms with Crippen LogP contribution in [-0.2, 0) is 4.79 Å². The van der Waals surface area contributed by atoms with Gasteiger partial charge in [-0.05, 0) is 56.4 Å². The number of hydrogen-bond donors (Lipinski definition) is 1. The summed E-state index contributed by atoms with van der Waals surface area (Å²) in [6, 6.07) is 5.94. The van der Waals surface area contributed by atoms with Crippen LogP contribution < -0.4 is 10.2 Å². The zero-order valence-electron chi connectivity index (χ0n) is 14.0. The molecule has 23 heavy (non-hydrogen) atoms. The second kappa shape index (κ2) is 6.60. The van der Waals surface area contributed by atoms with Crippen molar-refractivity contribution >= 4 is 17.6 Å². The van der Waals surface area contributed by atoms with Crippen LogP contribution in [0.1, 0.15) is 36.8 Å². The van der Waals surface area contributed by atoms with Gasteiger partial charge in [-0.1, -0.05) is 6.07 Å². The third-order valence-electron chi connectivity index (χ3n) is 4.90. The quantitative estimate of drug-likeness (QED) is 0.912. The number of benzene rings is 1. The fraction of sp³-hybridized carbons (Fsp3) is 0.556. The molecule has 0 saturated carbocycles. The molecule has 2 fully saturated rings. The van der Waals surface area contributed by atoms with Crippen molar-refractivity contribution in [2.45, 2.75) is 45.6 Å². The molecule has 2 saturated heterocycles. The second-order valence-corrected chi connectivity index (χ2v) is 6.67. The van der Waals surface area contributed by atoms with Gasteiger partial charge in [-0.3, -0.25) is 4.79 Å². The lowest BCUT2D eigenvalue weighted by molar-refractivity contribution is -0.117. The minimum atomic E-state index is -0.0986. The van der Waals surface area contributed by atoms with Crippen LogP contribution in [0.25, 0.3) is 0 Å². The van der Waals surface area contributed by atoms with Crippen molar-refractivity contribution in [3.63, 3.8) is 0 Å². The van der Waals surface area contributed by atoms with Crippen molar-refractivity contribution in [2.75, 3.05) is 24.5 Å². The summed E-state index contributed by atoms with van der Waals surface area (Å²) in [5.41, 5.74) is 3.32. The Balaban J connectivity index is 1.62. The first-order chi connectivity index (χ1) is 11.0. The van der Waals surface area contributed by atoms with Gasteiger partial charge in [-0.2, -0.15) is 0 Å². The van der Waals surface area contributed by atoms with Crippen LogP contribution in [0.4, 0.5) is 10.5 Å². The van der Waals surface area contributed by atoms with E-state index in [1.165, 1.54) is 17.5 Å². The van der Waals surface area contributed by atoms with Crippen LogP contribution in [0.5, 0.6) is 0 Å². The number of aryl methyl sites for hydroxylation is 2. The molecular weight excluding hydrogens is 290 g/mol. The molecule has 1 aromatic rings. The Bertz CT molecular complexity index is 608. The number of carbonyl (C=O) groups is 2. The van der Waals surface area contributed by atoms with Crippen molar-refractivity contribution in [3.8, 4) is 0 Å². The van der Waals surface area contributed by atoms with Gasteiger partial charge in [-0.25, -0.2) is 4.79 Å². The summed E-state index contributed by atoms with van der Waals surface area (Å²) in [5, 5.41) is 3.03. The Morgan fingerprint density at radius 3 is 2.57 bits per heavy atom. The topological polar surface area (TPSA) is 52.7 Å². The van der Waals surface area contributed by atoms with E-state index in [2.05, 4.69) is 19.2 Å². The number of amides is 3. The van der Waals surface area contributed by atoms with E-state index < -0.39 is 0 Å². The van der Waals surface area contributed by atoms with Crippen LogP contribution in [0.3, 0.4) is 0 Å². The van der Waals surface area contributed by atoms with Crippen LogP contribution in [0, 0.1) is 13.8 Å².